The summed E-state index contributed by atoms with van der Waals surface area (Å²) in [4.78, 5) is 22.6. The highest BCUT2D eigenvalue weighted by molar-refractivity contribution is 7.89. The van der Waals surface area contributed by atoms with Crippen molar-refractivity contribution in [3.63, 3.8) is 0 Å². The van der Waals surface area contributed by atoms with Crippen LogP contribution in [0.1, 0.15) is 33.6 Å². The summed E-state index contributed by atoms with van der Waals surface area (Å²) in [6, 6.07) is -0.108. The Morgan fingerprint density at radius 1 is 1.20 bits per heavy atom. The number of hydrogen-bond acceptors (Lipinski definition) is 4. The van der Waals surface area contributed by atoms with Crippen molar-refractivity contribution in [2.24, 2.45) is 11.7 Å². The third-order valence-corrected chi connectivity index (χ3v) is 5.85. The molecule has 0 radical (unpaired) electrons. The van der Waals surface area contributed by atoms with Crippen molar-refractivity contribution >= 4 is 21.8 Å². The molecule has 1 atom stereocenters. The largest absolute Gasteiger partial charge is 0.369 e. The smallest absolute Gasteiger partial charge is 0.232 e. The molecule has 2 amide bonds. The SMILES string of the molecule is CC(C(N)=O)C(=O)NC1CCN(S(=O)(=O)C(C)C)CC1. The normalized spacial score (nSPS) is 19.8. The Hall–Kier alpha value is -1.15. The summed E-state index contributed by atoms with van der Waals surface area (Å²) < 4.78 is 25.4. The topological polar surface area (TPSA) is 110 Å². The maximum atomic E-state index is 12.0. The molecule has 0 aromatic rings. The number of amides is 2. The van der Waals surface area contributed by atoms with E-state index < -0.39 is 33.0 Å². The number of nitrogens with two attached hydrogens (primary N) is 1. The number of primary amides is 1. The molecule has 1 heterocycles. The van der Waals surface area contributed by atoms with Crippen LogP contribution in [0.25, 0.3) is 0 Å². The van der Waals surface area contributed by atoms with Crippen LogP contribution < -0.4 is 11.1 Å². The summed E-state index contributed by atoms with van der Waals surface area (Å²) in [5.41, 5.74) is 5.07. The molecule has 1 aliphatic heterocycles. The van der Waals surface area contributed by atoms with Gasteiger partial charge in [-0.15, -0.1) is 0 Å². The monoisotopic (exact) mass is 305 g/mol. The summed E-state index contributed by atoms with van der Waals surface area (Å²) in [5.74, 6) is -1.93. The first kappa shape index (κ1) is 16.9. The third kappa shape index (κ3) is 3.92. The van der Waals surface area contributed by atoms with Gasteiger partial charge in [0.2, 0.25) is 21.8 Å². The lowest BCUT2D eigenvalue weighted by molar-refractivity contribution is -0.133. The van der Waals surface area contributed by atoms with Gasteiger partial charge < -0.3 is 11.1 Å². The van der Waals surface area contributed by atoms with Crippen molar-refractivity contribution < 1.29 is 18.0 Å². The quantitative estimate of drug-likeness (QED) is 0.663. The second kappa shape index (κ2) is 6.53. The average molecular weight is 305 g/mol. The molecule has 1 unspecified atom stereocenters. The molecule has 1 rings (SSSR count). The standard InChI is InChI=1S/C12H23N3O4S/c1-8(2)20(18,19)15-6-4-10(5-7-15)14-12(17)9(3)11(13)16/h8-10H,4-7H2,1-3H3,(H2,13,16)(H,14,17). The van der Waals surface area contributed by atoms with Gasteiger partial charge in [-0.25, -0.2) is 12.7 Å². The van der Waals surface area contributed by atoms with E-state index in [4.69, 9.17) is 5.73 Å². The summed E-state index contributed by atoms with van der Waals surface area (Å²) in [6.07, 6.45) is 1.09. The van der Waals surface area contributed by atoms with Crippen molar-refractivity contribution in [2.75, 3.05) is 13.1 Å². The number of hydrogen-bond donors (Lipinski definition) is 2. The molecule has 20 heavy (non-hydrogen) atoms. The highest BCUT2D eigenvalue weighted by atomic mass is 32.2. The predicted octanol–water partition coefficient (Wildman–Crippen LogP) is -0.573. The maximum Gasteiger partial charge on any atom is 0.232 e. The van der Waals surface area contributed by atoms with Crippen LogP contribution in [0, 0.1) is 5.92 Å². The zero-order valence-corrected chi connectivity index (χ0v) is 12.9. The summed E-state index contributed by atoms with van der Waals surface area (Å²) >= 11 is 0. The minimum atomic E-state index is -3.24. The van der Waals surface area contributed by atoms with Crippen LogP contribution in [0.3, 0.4) is 0 Å². The zero-order valence-electron chi connectivity index (χ0n) is 12.1. The summed E-state index contributed by atoms with van der Waals surface area (Å²) in [6.45, 7) is 5.53. The number of carbonyl (C=O) groups is 2. The zero-order chi connectivity index (χ0) is 15.5. The van der Waals surface area contributed by atoms with Crippen LogP contribution in [-0.4, -0.2) is 48.9 Å². The van der Waals surface area contributed by atoms with E-state index in [1.54, 1.807) is 13.8 Å². The van der Waals surface area contributed by atoms with E-state index in [2.05, 4.69) is 5.32 Å². The number of nitrogens with zero attached hydrogens (tertiary/aromatic N) is 1. The lowest BCUT2D eigenvalue weighted by Gasteiger charge is -2.33. The highest BCUT2D eigenvalue weighted by Crippen LogP contribution is 2.17. The minimum Gasteiger partial charge on any atom is -0.369 e. The van der Waals surface area contributed by atoms with Gasteiger partial charge in [0.1, 0.15) is 5.92 Å². The van der Waals surface area contributed by atoms with E-state index in [9.17, 15) is 18.0 Å². The Morgan fingerprint density at radius 2 is 1.70 bits per heavy atom. The fraction of sp³-hybridized carbons (Fsp3) is 0.833. The van der Waals surface area contributed by atoms with Crippen LogP contribution in [0.2, 0.25) is 0 Å². The fourth-order valence-corrected chi connectivity index (χ4v) is 3.32. The molecule has 0 bridgehead atoms. The van der Waals surface area contributed by atoms with Crippen molar-refractivity contribution in [2.45, 2.75) is 44.9 Å². The van der Waals surface area contributed by atoms with Gasteiger partial charge in [-0.1, -0.05) is 0 Å². The first-order valence-electron chi connectivity index (χ1n) is 6.75. The van der Waals surface area contributed by atoms with Gasteiger partial charge in [0.25, 0.3) is 0 Å². The van der Waals surface area contributed by atoms with Gasteiger partial charge in [-0.2, -0.15) is 0 Å². The average Bonchev–Trinajstić information content (AvgIpc) is 2.38. The molecule has 1 aliphatic rings. The van der Waals surface area contributed by atoms with Gasteiger partial charge in [-0.3, -0.25) is 9.59 Å². The molecule has 7 nitrogen and oxygen atoms in total. The summed E-state index contributed by atoms with van der Waals surface area (Å²) in [7, 11) is -3.24. The van der Waals surface area contributed by atoms with E-state index in [1.807, 2.05) is 0 Å². The Labute approximate surface area is 119 Å². The van der Waals surface area contributed by atoms with E-state index in [1.165, 1.54) is 11.2 Å². The molecular weight excluding hydrogens is 282 g/mol. The maximum absolute atomic E-state index is 12.0. The van der Waals surface area contributed by atoms with Crippen LogP contribution in [0.15, 0.2) is 0 Å². The number of nitrogens with one attached hydrogen (secondary N) is 1. The van der Waals surface area contributed by atoms with Gasteiger partial charge in [0, 0.05) is 19.1 Å². The lowest BCUT2D eigenvalue weighted by atomic mass is 10.0. The minimum absolute atomic E-state index is 0.108. The Morgan fingerprint density at radius 3 is 2.10 bits per heavy atom. The van der Waals surface area contributed by atoms with Crippen LogP contribution in [0.5, 0.6) is 0 Å². The van der Waals surface area contributed by atoms with E-state index in [-0.39, 0.29) is 6.04 Å². The second-order valence-corrected chi connectivity index (χ2v) is 7.89. The molecule has 1 fully saturated rings. The Bertz CT molecular complexity index is 467. The molecule has 0 aromatic carbocycles. The van der Waals surface area contributed by atoms with Crippen molar-refractivity contribution in [1.29, 1.82) is 0 Å². The van der Waals surface area contributed by atoms with Gasteiger partial charge in [-0.05, 0) is 33.6 Å². The Kier molecular flexibility index (Phi) is 5.52. The molecule has 0 aliphatic carbocycles. The Balaban J connectivity index is 2.51. The van der Waals surface area contributed by atoms with E-state index in [0.717, 1.165) is 0 Å². The van der Waals surface area contributed by atoms with Crippen molar-refractivity contribution in [1.82, 2.24) is 9.62 Å². The van der Waals surface area contributed by atoms with Crippen molar-refractivity contribution in [3.8, 4) is 0 Å². The number of rotatable bonds is 5. The molecule has 0 aromatic heterocycles. The van der Waals surface area contributed by atoms with Crippen LogP contribution in [0.4, 0.5) is 0 Å². The summed E-state index contributed by atoms with van der Waals surface area (Å²) in [5, 5.41) is 2.30. The van der Waals surface area contributed by atoms with Crippen molar-refractivity contribution in [3.05, 3.63) is 0 Å². The van der Waals surface area contributed by atoms with Crippen LogP contribution in [-0.2, 0) is 19.6 Å². The van der Waals surface area contributed by atoms with Gasteiger partial charge in [0.15, 0.2) is 0 Å². The first-order valence-corrected chi connectivity index (χ1v) is 8.25. The molecular formula is C12H23N3O4S. The molecule has 1 saturated heterocycles. The molecule has 0 saturated carbocycles. The molecule has 116 valence electrons. The predicted molar refractivity (Wildman–Crippen MR) is 75.2 cm³/mol. The second-order valence-electron chi connectivity index (χ2n) is 5.40. The molecule has 3 N–H and O–H groups in total. The highest BCUT2D eigenvalue weighted by Gasteiger charge is 2.31. The fourth-order valence-electron chi connectivity index (χ4n) is 2.01. The first-order chi connectivity index (χ1) is 9.16. The number of piperidine rings is 1. The molecule has 0 spiro atoms. The third-order valence-electron chi connectivity index (χ3n) is 3.58. The number of sulfonamides is 1. The van der Waals surface area contributed by atoms with Gasteiger partial charge in [0.05, 0.1) is 5.25 Å². The van der Waals surface area contributed by atoms with Gasteiger partial charge >= 0.3 is 0 Å². The van der Waals surface area contributed by atoms with E-state index >= 15 is 0 Å². The number of carbonyl (C=O) groups excluding carboxylic acids is 2. The lowest BCUT2D eigenvalue weighted by Crippen LogP contribution is -2.49. The van der Waals surface area contributed by atoms with Crippen LogP contribution >= 0.6 is 0 Å². The molecule has 8 heteroatoms. The van der Waals surface area contributed by atoms with E-state index in [0.29, 0.717) is 25.9 Å².